The molecule has 7 nitrogen and oxygen atoms in total. The van der Waals surface area contributed by atoms with Crippen LogP contribution < -0.4 is 16.4 Å². The molecule has 2 aromatic rings. The van der Waals surface area contributed by atoms with Gasteiger partial charge in [-0.1, -0.05) is 11.6 Å². The summed E-state index contributed by atoms with van der Waals surface area (Å²) in [7, 11) is 0. The van der Waals surface area contributed by atoms with Crippen molar-refractivity contribution >= 4 is 45.8 Å². The standard InChI is InChI=1S/C14H12ClN5O2/c15-8-1-5-2-9(18-3-6(5)12(16)19-8)20-4-7-10(13(17)21)11(7)14(20)22/h1-3,7,10-11H,4H2,(H2,16,19)(H2,17,21). The molecular formula is C14H12ClN5O2. The van der Waals surface area contributed by atoms with Gasteiger partial charge >= 0.3 is 0 Å². The van der Waals surface area contributed by atoms with Crippen molar-refractivity contribution in [2.45, 2.75) is 0 Å². The second-order valence-electron chi connectivity index (χ2n) is 5.66. The van der Waals surface area contributed by atoms with Gasteiger partial charge in [0.05, 0.1) is 11.8 Å². The molecule has 1 saturated heterocycles. The number of nitrogen functional groups attached to an aromatic ring is 1. The predicted octanol–water partition coefficient (Wildman–Crippen LogP) is 0.559. The third kappa shape index (κ3) is 1.75. The van der Waals surface area contributed by atoms with Crippen LogP contribution in [0.3, 0.4) is 0 Å². The number of hydrogen-bond donors (Lipinski definition) is 2. The third-order valence-corrected chi connectivity index (χ3v) is 4.61. The molecule has 1 aliphatic carbocycles. The Hall–Kier alpha value is -2.41. The number of nitrogens with zero attached hydrogens (tertiary/aromatic N) is 3. The van der Waals surface area contributed by atoms with Gasteiger partial charge in [0, 0.05) is 24.0 Å². The third-order valence-electron chi connectivity index (χ3n) is 4.42. The largest absolute Gasteiger partial charge is 0.383 e. The van der Waals surface area contributed by atoms with E-state index >= 15 is 0 Å². The summed E-state index contributed by atoms with van der Waals surface area (Å²) in [6.07, 6.45) is 1.58. The molecule has 112 valence electrons. The van der Waals surface area contributed by atoms with E-state index in [0.717, 1.165) is 5.39 Å². The number of anilines is 2. The second kappa shape index (κ2) is 4.30. The van der Waals surface area contributed by atoms with Crippen molar-refractivity contribution in [3.8, 4) is 0 Å². The first-order valence-corrected chi connectivity index (χ1v) is 7.17. The van der Waals surface area contributed by atoms with Crippen molar-refractivity contribution in [3.63, 3.8) is 0 Å². The number of nitrogens with two attached hydrogens (primary N) is 2. The monoisotopic (exact) mass is 317 g/mol. The molecule has 1 aliphatic heterocycles. The van der Waals surface area contributed by atoms with E-state index in [1.54, 1.807) is 23.2 Å². The van der Waals surface area contributed by atoms with E-state index in [0.29, 0.717) is 23.6 Å². The lowest BCUT2D eigenvalue weighted by molar-refractivity contribution is -0.124. The SMILES string of the molecule is NC(=O)C1C2CN(c3cc4cc(Cl)nc(N)c4cn3)C(=O)C21. The molecule has 0 aromatic carbocycles. The number of carbonyl (C=O) groups is 2. The van der Waals surface area contributed by atoms with Crippen LogP contribution in [-0.4, -0.2) is 28.3 Å². The molecule has 8 heteroatoms. The molecule has 2 aliphatic rings. The van der Waals surface area contributed by atoms with Gasteiger partial charge in [-0.3, -0.25) is 14.5 Å². The van der Waals surface area contributed by atoms with Crippen LogP contribution in [0.4, 0.5) is 11.6 Å². The number of amides is 2. The summed E-state index contributed by atoms with van der Waals surface area (Å²) in [6, 6.07) is 3.42. The zero-order valence-electron chi connectivity index (χ0n) is 11.4. The highest BCUT2D eigenvalue weighted by atomic mass is 35.5. The van der Waals surface area contributed by atoms with E-state index in [2.05, 4.69) is 9.97 Å². The van der Waals surface area contributed by atoms with Gasteiger partial charge in [0.2, 0.25) is 11.8 Å². The zero-order valence-corrected chi connectivity index (χ0v) is 12.1. The van der Waals surface area contributed by atoms with Gasteiger partial charge in [-0.15, -0.1) is 0 Å². The fourth-order valence-electron chi connectivity index (χ4n) is 3.29. The fraction of sp³-hybridized carbons (Fsp3) is 0.286. The Balaban J connectivity index is 1.69. The van der Waals surface area contributed by atoms with Crippen molar-refractivity contribution in [3.05, 3.63) is 23.5 Å². The van der Waals surface area contributed by atoms with Crippen molar-refractivity contribution < 1.29 is 9.59 Å². The number of pyridine rings is 2. The average Bonchev–Trinajstić information content (AvgIpc) is 3.08. The van der Waals surface area contributed by atoms with Crippen LogP contribution in [0.5, 0.6) is 0 Å². The van der Waals surface area contributed by atoms with Crippen molar-refractivity contribution in [2.24, 2.45) is 23.5 Å². The minimum absolute atomic E-state index is 0.00796. The van der Waals surface area contributed by atoms with Gasteiger partial charge in [-0.05, 0) is 17.5 Å². The van der Waals surface area contributed by atoms with Crippen LogP contribution in [0.2, 0.25) is 5.15 Å². The molecular weight excluding hydrogens is 306 g/mol. The molecule has 1 saturated carbocycles. The minimum Gasteiger partial charge on any atom is -0.383 e. The van der Waals surface area contributed by atoms with Crippen molar-refractivity contribution in [1.82, 2.24) is 9.97 Å². The normalized spacial score (nSPS) is 26.3. The van der Waals surface area contributed by atoms with Gasteiger partial charge in [0.1, 0.15) is 16.8 Å². The Labute approximate surface area is 130 Å². The molecule has 3 heterocycles. The Kier molecular flexibility index (Phi) is 2.59. The second-order valence-corrected chi connectivity index (χ2v) is 6.05. The van der Waals surface area contributed by atoms with Crippen LogP contribution >= 0.6 is 11.6 Å². The highest BCUT2D eigenvalue weighted by Crippen LogP contribution is 2.53. The molecule has 22 heavy (non-hydrogen) atoms. The zero-order chi connectivity index (χ0) is 15.6. The molecule has 0 spiro atoms. The van der Waals surface area contributed by atoms with Gasteiger partial charge < -0.3 is 11.5 Å². The summed E-state index contributed by atoms with van der Waals surface area (Å²) in [5, 5.41) is 1.73. The van der Waals surface area contributed by atoms with E-state index in [4.69, 9.17) is 23.1 Å². The van der Waals surface area contributed by atoms with E-state index in [9.17, 15) is 9.59 Å². The van der Waals surface area contributed by atoms with Gasteiger partial charge in [-0.2, -0.15) is 0 Å². The number of hydrogen-bond acceptors (Lipinski definition) is 5. The van der Waals surface area contributed by atoms with Crippen LogP contribution in [0.1, 0.15) is 0 Å². The first kappa shape index (κ1) is 13.3. The summed E-state index contributed by atoms with van der Waals surface area (Å²) in [4.78, 5) is 33.4. The summed E-state index contributed by atoms with van der Waals surface area (Å²) < 4.78 is 0. The maximum Gasteiger partial charge on any atom is 0.232 e. The maximum absolute atomic E-state index is 12.3. The molecule has 3 unspecified atom stereocenters. The van der Waals surface area contributed by atoms with Gasteiger partial charge in [-0.25, -0.2) is 9.97 Å². The number of rotatable bonds is 2. The number of aromatic nitrogens is 2. The molecule has 2 fully saturated rings. The Bertz CT molecular complexity index is 839. The Morgan fingerprint density at radius 1 is 1.41 bits per heavy atom. The van der Waals surface area contributed by atoms with Crippen LogP contribution in [-0.2, 0) is 9.59 Å². The minimum atomic E-state index is -0.403. The lowest BCUT2D eigenvalue weighted by Crippen LogP contribution is -2.33. The average molecular weight is 318 g/mol. The van der Waals surface area contributed by atoms with Crippen LogP contribution in [0, 0.1) is 17.8 Å². The van der Waals surface area contributed by atoms with E-state index in [-0.39, 0.29) is 28.8 Å². The Morgan fingerprint density at radius 2 is 2.18 bits per heavy atom. The number of halogens is 1. The predicted molar refractivity (Wildman–Crippen MR) is 81.0 cm³/mol. The van der Waals surface area contributed by atoms with E-state index in [1.807, 2.05) is 0 Å². The molecule has 2 amide bonds. The Morgan fingerprint density at radius 3 is 2.82 bits per heavy atom. The summed E-state index contributed by atoms with van der Waals surface area (Å²) in [6.45, 7) is 0.462. The number of carbonyl (C=O) groups excluding carboxylic acids is 2. The highest BCUT2D eigenvalue weighted by Gasteiger charge is 2.64. The highest BCUT2D eigenvalue weighted by molar-refractivity contribution is 6.30. The summed E-state index contributed by atoms with van der Waals surface area (Å²) in [5.74, 6) is -0.289. The lowest BCUT2D eigenvalue weighted by atomic mass is 10.2. The number of piperidine rings is 1. The number of primary amides is 1. The lowest BCUT2D eigenvalue weighted by Gasteiger charge is -2.19. The molecule has 2 aromatic heterocycles. The maximum atomic E-state index is 12.3. The van der Waals surface area contributed by atoms with Crippen LogP contribution in [0.25, 0.3) is 10.8 Å². The molecule has 3 atom stereocenters. The van der Waals surface area contributed by atoms with Crippen molar-refractivity contribution in [2.75, 3.05) is 17.2 Å². The molecule has 0 radical (unpaired) electrons. The van der Waals surface area contributed by atoms with E-state index in [1.165, 1.54) is 0 Å². The van der Waals surface area contributed by atoms with Gasteiger partial charge in [0.25, 0.3) is 0 Å². The topological polar surface area (TPSA) is 115 Å². The smallest absolute Gasteiger partial charge is 0.232 e. The van der Waals surface area contributed by atoms with Crippen LogP contribution in [0.15, 0.2) is 18.3 Å². The number of fused-ring (bicyclic) bond motifs is 2. The van der Waals surface area contributed by atoms with Crippen molar-refractivity contribution in [1.29, 1.82) is 0 Å². The molecule has 4 rings (SSSR count). The quantitative estimate of drug-likeness (QED) is 0.785. The fourth-order valence-corrected chi connectivity index (χ4v) is 3.50. The first-order valence-electron chi connectivity index (χ1n) is 6.80. The molecule has 0 bridgehead atoms. The van der Waals surface area contributed by atoms with E-state index < -0.39 is 5.91 Å². The van der Waals surface area contributed by atoms with Gasteiger partial charge in [0.15, 0.2) is 0 Å². The summed E-state index contributed by atoms with van der Waals surface area (Å²) in [5.41, 5.74) is 11.1. The summed E-state index contributed by atoms with van der Waals surface area (Å²) >= 11 is 5.91. The molecule has 4 N–H and O–H groups in total. The first-order chi connectivity index (χ1) is 10.5.